The molecule has 0 bridgehead atoms. The quantitative estimate of drug-likeness (QED) is 0.678. The highest BCUT2D eigenvalue weighted by molar-refractivity contribution is 7.10. The number of rotatable bonds is 3. The van der Waals surface area contributed by atoms with Crippen molar-refractivity contribution in [2.24, 2.45) is 10.7 Å². The monoisotopic (exact) mass is 416 g/mol. The van der Waals surface area contributed by atoms with Crippen molar-refractivity contribution in [3.8, 4) is 22.9 Å². The fourth-order valence-electron chi connectivity index (χ4n) is 3.78. The summed E-state index contributed by atoms with van der Waals surface area (Å²) in [6, 6.07) is 18.2. The number of guanidine groups is 1. The summed E-state index contributed by atoms with van der Waals surface area (Å²) < 4.78 is 0. The maximum atomic E-state index is 13.2. The van der Waals surface area contributed by atoms with E-state index in [1.165, 1.54) is 16.2 Å². The van der Waals surface area contributed by atoms with Crippen molar-refractivity contribution >= 4 is 23.2 Å². The van der Waals surface area contributed by atoms with Gasteiger partial charge in [-0.1, -0.05) is 24.3 Å². The summed E-state index contributed by atoms with van der Waals surface area (Å²) >= 11 is 1.50. The Kier molecular flexibility index (Phi) is 4.80. The van der Waals surface area contributed by atoms with Crippen LogP contribution in [0, 0.1) is 11.3 Å². The lowest BCUT2D eigenvalue weighted by Gasteiger charge is -2.40. The number of nitrogens with two attached hydrogens (primary N) is 1. The minimum absolute atomic E-state index is 0.135. The van der Waals surface area contributed by atoms with Crippen LogP contribution in [0.2, 0.25) is 0 Å². The van der Waals surface area contributed by atoms with Crippen LogP contribution in [0.1, 0.15) is 28.8 Å². The Bertz CT molecular complexity index is 1190. The van der Waals surface area contributed by atoms with Gasteiger partial charge in [0.1, 0.15) is 11.3 Å². The first-order chi connectivity index (χ1) is 14.3. The molecule has 1 aromatic heterocycles. The second-order valence-corrected chi connectivity index (χ2v) is 8.34. The van der Waals surface area contributed by atoms with Crippen molar-refractivity contribution in [3.05, 3.63) is 76.0 Å². The molecule has 1 aliphatic heterocycles. The zero-order valence-corrected chi connectivity index (χ0v) is 17.4. The number of nitrogens with zero attached hydrogens (tertiary/aromatic N) is 3. The average molecular weight is 417 g/mol. The van der Waals surface area contributed by atoms with Crippen LogP contribution in [0.5, 0.6) is 5.75 Å². The number of amides is 1. The molecule has 3 N–H and O–H groups in total. The third kappa shape index (κ3) is 3.21. The van der Waals surface area contributed by atoms with Gasteiger partial charge in [-0.3, -0.25) is 9.69 Å². The number of thiophene rings is 1. The average Bonchev–Trinajstić information content (AvgIpc) is 3.25. The van der Waals surface area contributed by atoms with Gasteiger partial charge in [0.25, 0.3) is 0 Å². The largest absolute Gasteiger partial charge is 0.508 e. The molecule has 2 atom stereocenters. The van der Waals surface area contributed by atoms with Crippen LogP contribution < -0.4 is 5.73 Å². The van der Waals surface area contributed by atoms with Gasteiger partial charge in [-0.2, -0.15) is 5.26 Å². The molecule has 0 radical (unpaired) electrons. The summed E-state index contributed by atoms with van der Waals surface area (Å²) in [6.45, 7) is 1.91. The normalized spacial score (nSPS) is 21.2. The second kappa shape index (κ2) is 7.32. The van der Waals surface area contributed by atoms with Gasteiger partial charge in [0.15, 0.2) is 5.96 Å². The molecule has 0 spiro atoms. The number of carbonyl (C=O) groups excluding carboxylic acids is 1. The number of aliphatic imine (C=N–C) groups is 1. The van der Waals surface area contributed by atoms with Gasteiger partial charge < -0.3 is 10.8 Å². The topological polar surface area (TPSA) is 103 Å². The van der Waals surface area contributed by atoms with Crippen molar-refractivity contribution in [2.45, 2.75) is 18.4 Å². The smallest absolute Gasteiger partial charge is 0.239 e. The molecule has 0 saturated heterocycles. The second-order valence-electron chi connectivity index (χ2n) is 7.43. The van der Waals surface area contributed by atoms with E-state index < -0.39 is 11.5 Å². The number of phenols is 1. The molecule has 2 aromatic carbocycles. The molecule has 2 heterocycles. The number of likely N-dealkylation sites (N-methyl/N-ethyl adjacent to an activating group) is 1. The van der Waals surface area contributed by atoms with Gasteiger partial charge in [-0.25, -0.2) is 4.99 Å². The highest BCUT2D eigenvalue weighted by Gasteiger charge is 2.48. The molecule has 0 fully saturated rings. The molecule has 30 heavy (non-hydrogen) atoms. The standard InChI is InChI=1S/C23H20N4O2S/c1-23(19-11-17(13-30-19)16-5-3-4-14(10-16)12-24)20(15-6-8-18(28)9-7-15)21(29)27(2)22(25)26-23/h3-11,13,20,28H,1-2H3,(H2,25,26)/t20-,23+/m0/s1. The van der Waals surface area contributed by atoms with E-state index in [0.717, 1.165) is 21.6 Å². The minimum atomic E-state index is -0.902. The summed E-state index contributed by atoms with van der Waals surface area (Å²) in [5.41, 5.74) is 8.41. The number of aromatic hydroxyl groups is 1. The van der Waals surface area contributed by atoms with Crippen molar-refractivity contribution < 1.29 is 9.90 Å². The molecule has 4 rings (SSSR count). The maximum absolute atomic E-state index is 13.2. The summed E-state index contributed by atoms with van der Waals surface area (Å²) in [5, 5.41) is 20.9. The molecule has 6 nitrogen and oxygen atoms in total. The molecule has 3 aromatic rings. The Morgan fingerprint density at radius 2 is 1.93 bits per heavy atom. The number of benzene rings is 2. The zero-order chi connectivity index (χ0) is 21.5. The zero-order valence-electron chi connectivity index (χ0n) is 16.5. The van der Waals surface area contributed by atoms with Gasteiger partial charge in [0.05, 0.1) is 17.6 Å². The van der Waals surface area contributed by atoms with E-state index in [2.05, 4.69) is 6.07 Å². The fourth-order valence-corrected chi connectivity index (χ4v) is 4.83. The van der Waals surface area contributed by atoms with Gasteiger partial charge in [-0.15, -0.1) is 11.3 Å². The fraction of sp³-hybridized carbons (Fsp3) is 0.174. The summed E-state index contributed by atoms with van der Waals surface area (Å²) in [4.78, 5) is 20.2. The summed E-state index contributed by atoms with van der Waals surface area (Å²) in [7, 11) is 1.61. The Morgan fingerprint density at radius 1 is 1.20 bits per heavy atom. The molecular formula is C23H20N4O2S. The van der Waals surface area contributed by atoms with E-state index in [1.54, 1.807) is 37.4 Å². The molecular weight excluding hydrogens is 396 g/mol. The molecule has 0 aliphatic carbocycles. The van der Waals surface area contributed by atoms with E-state index in [1.807, 2.05) is 36.6 Å². The van der Waals surface area contributed by atoms with Crippen LogP contribution in [-0.2, 0) is 10.3 Å². The predicted octanol–water partition coefficient (Wildman–Crippen LogP) is 3.78. The number of nitriles is 1. The van der Waals surface area contributed by atoms with Crippen molar-refractivity contribution in [3.63, 3.8) is 0 Å². The third-order valence-electron chi connectivity index (χ3n) is 5.48. The lowest BCUT2D eigenvalue weighted by atomic mass is 9.77. The van der Waals surface area contributed by atoms with Gasteiger partial charge >= 0.3 is 0 Å². The van der Waals surface area contributed by atoms with Crippen LogP contribution in [0.15, 0.2) is 65.0 Å². The SMILES string of the molecule is CN1C(=O)[C@H](c2ccc(O)cc2)[C@@](C)(c2cc(-c3cccc(C#N)c3)cs2)N=C1N. The maximum Gasteiger partial charge on any atom is 0.239 e. The molecule has 1 amide bonds. The van der Waals surface area contributed by atoms with Crippen LogP contribution >= 0.6 is 11.3 Å². The first kappa shape index (κ1) is 19.7. The Hall–Kier alpha value is -3.63. The van der Waals surface area contributed by atoms with E-state index in [9.17, 15) is 15.2 Å². The number of hydrogen-bond donors (Lipinski definition) is 2. The highest BCUT2D eigenvalue weighted by Crippen LogP contribution is 2.47. The van der Waals surface area contributed by atoms with Crippen LogP contribution in [0.3, 0.4) is 0 Å². The Balaban J connectivity index is 1.83. The van der Waals surface area contributed by atoms with Crippen LogP contribution in [0.25, 0.3) is 11.1 Å². The van der Waals surface area contributed by atoms with Crippen molar-refractivity contribution in [1.29, 1.82) is 5.26 Å². The lowest BCUT2D eigenvalue weighted by Crippen LogP contribution is -2.52. The predicted molar refractivity (Wildman–Crippen MR) is 117 cm³/mol. The first-order valence-electron chi connectivity index (χ1n) is 9.35. The minimum Gasteiger partial charge on any atom is -0.508 e. The Labute approximate surface area is 178 Å². The summed E-state index contributed by atoms with van der Waals surface area (Å²) in [6.07, 6.45) is 0. The lowest BCUT2D eigenvalue weighted by molar-refractivity contribution is -0.130. The highest BCUT2D eigenvalue weighted by atomic mass is 32.1. The van der Waals surface area contributed by atoms with Gasteiger partial charge in [0, 0.05) is 11.9 Å². The van der Waals surface area contributed by atoms with Crippen molar-refractivity contribution in [2.75, 3.05) is 7.05 Å². The third-order valence-corrected chi connectivity index (χ3v) is 6.64. The van der Waals surface area contributed by atoms with E-state index in [0.29, 0.717) is 5.56 Å². The van der Waals surface area contributed by atoms with Gasteiger partial charge in [-0.05, 0) is 59.3 Å². The molecule has 7 heteroatoms. The molecule has 0 saturated carbocycles. The van der Waals surface area contributed by atoms with Crippen LogP contribution in [0.4, 0.5) is 0 Å². The number of carbonyl (C=O) groups is 1. The molecule has 150 valence electrons. The molecule has 0 unspecified atom stereocenters. The van der Waals surface area contributed by atoms with E-state index in [-0.39, 0.29) is 17.6 Å². The number of hydrogen-bond acceptors (Lipinski definition) is 6. The van der Waals surface area contributed by atoms with Gasteiger partial charge in [0.2, 0.25) is 5.91 Å². The van der Waals surface area contributed by atoms with Crippen molar-refractivity contribution in [1.82, 2.24) is 4.90 Å². The summed E-state index contributed by atoms with van der Waals surface area (Å²) in [5.74, 6) is -0.445. The van der Waals surface area contributed by atoms with E-state index >= 15 is 0 Å². The first-order valence-corrected chi connectivity index (χ1v) is 10.2. The van der Waals surface area contributed by atoms with E-state index in [4.69, 9.17) is 10.7 Å². The van der Waals surface area contributed by atoms with Crippen LogP contribution in [-0.4, -0.2) is 28.9 Å². The molecule has 1 aliphatic rings. The Morgan fingerprint density at radius 3 is 2.63 bits per heavy atom. The number of phenolic OH excluding ortho intramolecular Hbond substituents is 1.